The van der Waals surface area contributed by atoms with Gasteiger partial charge in [0.1, 0.15) is 0 Å². The number of Topliss-reactive ketones (excluding diaryl/α,β-unsaturated/α-hetero) is 1. The minimum atomic E-state index is -0.698. The molecule has 1 aromatic carbocycles. The highest BCUT2D eigenvalue weighted by atomic mass is 19.1. The number of hydrogen-bond donors (Lipinski definition) is 2. The van der Waals surface area contributed by atoms with Crippen LogP contribution < -0.4 is 10.1 Å². The summed E-state index contributed by atoms with van der Waals surface area (Å²) in [6.07, 6.45) is 0. The average molecular weight is 213 g/mol. The molecule has 0 saturated carbocycles. The third-order valence-electron chi connectivity index (χ3n) is 1.93. The van der Waals surface area contributed by atoms with E-state index in [9.17, 15) is 14.3 Å². The Hall–Kier alpha value is -1.62. The monoisotopic (exact) mass is 213 g/mol. The van der Waals surface area contributed by atoms with E-state index in [1.165, 1.54) is 13.2 Å². The number of phenols is 1. The number of methoxy groups -OCH3 is 1. The maximum absolute atomic E-state index is 13.1. The zero-order valence-electron chi connectivity index (χ0n) is 8.50. The Morgan fingerprint density at radius 1 is 1.60 bits per heavy atom. The third-order valence-corrected chi connectivity index (χ3v) is 1.93. The number of hydrogen-bond acceptors (Lipinski definition) is 4. The molecule has 0 unspecified atom stereocenters. The highest BCUT2D eigenvalue weighted by Gasteiger charge is 2.17. The van der Waals surface area contributed by atoms with E-state index in [0.29, 0.717) is 0 Å². The molecule has 15 heavy (non-hydrogen) atoms. The lowest BCUT2D eigenvalue weighted by Crippen LogP contribution is -2.18. The predicted molar refractivity (Wildman–Crippen MR) is 52.9 cm³/mol. The molecule has 0 atom stereocenters. The Morgan fingerprint density at radius 2 is 2.27 bits per heavy atom. The van der Waals surface area contributed by atoms with E-state index < -0.39 is 11.6 Å². The maximum Gasteiger partial charge on any atom is 0.197 e. The Kier molecular flexibility index (Phi) is 3.62. The average Bonchev–Trinajstić information content (AvgIpc) is 2.18. The quantitative estimate of drug-likeness (QED) is 0.731. The first kappa shape index (κ1) is 11.5. The van der Waals surface area contributed by atoms with Crippen molar-refractivity contribution >= 4 is 5.78 Å². The fraction of sp³-hybridized carbons (Fsp3) is 0.300. The first-order chi connectivity index (χ1) is 7.11. The van der Waals surface area contributed by atoms with Gasteiger partial charge in [-0.2, -0.15) is 0 Å². The lowest BCUT2D eigenvalue weighted by Gasteiger charge is -2.08. The molecule has 4 nitrogen and oxygen atoms in total. The minimum absolute atomic E-state index is 0.0441. The summed E-state index contributed by atoms with van der Waals surface area (Å²) < 4.78 is 17.7. The van der Waals surface area contributed by atoms with Gasteiger partial charge < -0.3 is 15.2 Å². The van der Waals surface area contributed by atoms with E-state index in [2.05, 4.69) is 10.1 Å². The molecule has 0 radical (unpaired) electrons. The van der Waals surface area contributed by atoms with Gasteiger partial charge in [-0.3, -0.25) is 4.79 Å². The van der Waals surface area contributed by atoms with E-state index in [1.54, 1.807) is 7.05 Å². The first-order valence-corrected chi connectivity index (χ1v) is 4.35. The molecule has 0 aromatic heterocycles. The van der Waals surface area contributed by atoms with Crippen LogP contribution in [-0.4, -0.2) is 31.6 Å². The standard InChI is InChI=1S/C10H12FNO3/c1-12-5-8(13)6-3-4-7(11)10(15-2)9(6)14/h3-4,12,14H,5H2,1-2H3. The summed E-state index contributed by atoms with van der Waals surface area (Å²) in [4.78, 5) is 11.4. The van der Waals surface area contributed by atoms with E-state index in [0.717, 1.165) is 6.07 Å². The van der Waals surface area contributed by atoms with Gasteiger partial charge in [-0.05, 0) is 19.2 Å². The summed E-state index contributed by atoms with van der Waals surface area (Å²) in [5.41, 5.74) is 0.0441. The van der Waals surface area contributed by atoms with Crippen molar-refractivity contribution in [1.82, 2.24) is 5.32 Å². The van der Waals surface area contributed by atoms with Crippen LogP contribution in [0.5, 0.6) is 11.5 Å². The Bertz CT molecular complexity index is 379. The zero-order chi connectivity index (χ0) is 11.4. The summed E-state index contributed by atoms with van der Waals surface area (Å²) in [6.45, 7) is 0.0718. The second-order valence-corrected chi connectivity index (χ2v) is 2.93. The lowest BCUT2D eigenvalue weighted by molar-refractivity contribution is 0.0990. The van der Waals surface area contributed by atoms with Crippen molar-refractivity contribution in [2.24, 2.45) is 0 Å². The Labute approximate surface area is 86.7 Å². The van der Waals surface area contributed by atoms with Crippen molar-refractivity contribution in [3.63, 3.8) is 0 Å². The van der Waals surface area contributed by atoms with Gasteiger partial charge in [-0.25, -0.2) is 4.39 Å². The summed E-state index contributed by atoms with van der Waals surface area (Å²) >= 11 is 0. The van der Waals surface area contributed by atoms with Gasteiger partial charge >= 0.3 is 0 Å². The van der Waals surface area contributed by atoms with Gasteiger partial charge in [0.25, 0.3) is 0 Å². The highest BCUT2D eigenvalue weighted by Crippen LogP contribution is 2.32. The Balaban J connectivity index is 3.15. The maximum atomic E-state index is 13.1. The topological polar surface area (TPSA) is 58.6 Å². The van der Waals surface area contributed by atoms with Crippen molar-refractivity contribution in [3.05, 3.63) is 23.5 Å². The molecular weight excluding hydrogens is 201 g/mol. The van der Waals surface area contributed by atoms with Gasteiger partial charge in [0.15, 0.2) is 23.1 Å². The van der Waals surface area contributed by atoms with Crippen molar-refractivity contribution in [1.29, 1.82) is 0 Å². The number of carbonyl (C=O) groups is 1. The number of ketones is 1. The van der Waals surface area contributed by atoms with Crippen LogP contribution in [0.2, 0.25) is 0 Å². The fourth-order valence-electron chi connectivity index (χ4n) is 1.22. The van der Waals surface area contributed by atoms with Gasteiger partial charge in [-0.15, -0.1) is 0 Å². The predicted octanol–water partition coefficient (Wildman–Crippen LogP) is 0.942. The molecule has 0 aliphatic rings. The van der Waals surface area contributed by atoms with Crippen LogP contribution in [0.25, 0.3) is 0 Å². The fourth-order valence-corrected chi connectivity index (χ4v) is 1.22. The molecule has 0 aliphatic heterocycles. The van der Waals surface area contributed by atoms with Crippen LogP contribution in [-0.2, 0) is 0 Å². The smallest absolute Gasteiger partial charge is 0.197 e. The number of phenolic OH excluding ortho intramolecular Hbond substituents is 1. The van der Waals surface area contributed by atoms with Crippen molar-refractivity contribution < 1.29 is 19.0 Å². The summed E-state index contributed by atoms with van der Waals surface area (Å²) in [5, 5.41) is 12.2. The van der Waals surface area contributed by atoms with Gasteiger partial charge in [-0.1, -0.05) is 0 Å². The Morgan fingerprint density at radius 3 is 2.80 bits per heavy atom. The molecule has 0 bridgehead atoms. The number of likely N-dealkylation sites (N-methyl/N-ethyl adjacent to an activating group) is 1. The number of benzene rings is 1. The normalized spacial score (nSPS) is 10.1. The molecule has 0 heterocycles. The molecule has 5 heteroatoms. The number of nitrogens with one attached hydrogen (secondary N) is 1. The molecule has 0 saturated heterocycles. The zero-order valence-corrected chi connectivity index (χ0v) is 8.50. The SMILES string of the molecule is CNCC(=O)c1ccc(F)c(OC)c1O. The van der Waals surface area contributed by atoms with Gasteiger partial charge in [0, 0.05) is 0 Å². The molecule has 82 valence electrons. The van der Waals surface area contributed by atoms with Crippen molar-refractivity contribution in [2.45, 2.75) is 0 Å². The lowest BCUT2D eigenvalue weighted by atomic mass is 10.1. The summed E-state index contributed by atoms with van der Waals surface area (Å²) in [5.74, 6) is -1.79. The molecule has 0 aliphatic carbocycles. The van der Waals surface area contributed by atoms with Gasteiger partial charge in [0.05, 0.1) is 19.2 Å². The largest absolute Gasteiger partial charge is 0.504 e. The van der Waals surface area contributed by atoms with E-state index in [4.69, 9.17) is 0 Å². The molecule has 2 N–H and O–H groups in total. The number of rotatable bonds is 4. The number of ether oxygens (including phenoxy) is 1. The number of aromatic hydroxyl groups is 1. The summed E-state index contributed by atoms with van der Waals surface area (Å²) in [6, 6.07) is 2.31. The van der Waals surface area contributed by atoms with Crippen LogP contribution in [0.3, 0.4) is 0 Å². The van der Waals surface area contributed by atoms with Crippen LogP contribution in [0.15, 0.2) is 12.1 Å². The minimum Gasteiger partial charge on any atom is -0.504 e. The van der Waals surface area contributed by atoms with E-state index >= 15 is 0 Å². The van der Waals surface area contributed by atoms with E-state index in [-0.39, 0.29) is 23.6 Å². The molecule has 0 fully saturated rings. The molecule has 1 rings (SSSR count). The van der Waals surface area contributed by atoms with Crippen LogP contribution in [0.1, 0.15) is 10.4 Å². The van der Waals surface area contributed by atoms with Crippen LogP contribution in [0.4, 0.5) is 4.39 Å². The van der Waals surface area contributed by atoms with Crippen molar-refractivity contribution in [2.75, 3.05) is 20.7 Å². The second kappa shape index (κ2) is 4.75. The van der Waals surface area contributed by atoms with Crippen LogP contribution in [0, 0.1) is 5.82 Å². The second-order valence-electron chi connectivity index (χ2n) is 2.93. The third kappa shape index (κ3) is 2.24. The van der Waals surface area contributed by atoms with Gasteiger partial charge in [0.2, 0.25) is 0 Å². The molecular formula is C10H12FNO3. The van der Waals surface area contributed by atoms with E-state index in [1.807, 2.05) is 0 Å². The molecule has 1 aromatic rings. The number of carbonyl (C=O) groups excluding carboxylic acids is 1. The number of halogens is 1. The van der Waals surface area contributed by atoms with Crippen molar-refractivity contribution in [3.8, 4) is 11.5 Å². The van der Waals surface area contributed by atoms with Crippen LogP contribution >= 0.6 is 0 Å². The summed E-state index contributed by atoms with van der Waals surface area (Å²) in [7, 11) is 2.83. The molecule has 0 spiro atoms. The molecule has 0 amide bonds. The first-order valence-electron chi connectivity index (χ1n) is 4.35. The highest BCUT2D eigenvalue weighted by molar-refractivity contribution is 6.00.